The number of unbranched alkanes of at least 4 members (excludes halogenated alkanes) is 2. The molecule has 6 nitrogen and oxygen atoms in total. The fourth-order valence-electron chi connectivity index (χ4n) is 4.46. The molecule has 0 spiro atoms. The van der Waals surface area contributed by atoms with Crippen molar-refractivity contribution in [2.75, 3.05) is 65.7 Å². The highest BCUT2D eigenvalue weighted by Gasteiger charge is 2.51. The van der Waals surface area contributed by atoms with E-state index in [0.29, 0.717) is 19.3 Å². The summed E-state index contributed by atoms with van der Waals surface area (Å²) in [4.78, 5) is 0. The fourth-order valence-corrected chi connectivity index (χ4v) is 4.46. The summed E-state index contributed by atoms with van der Waals surface area (Å²) in [5.41, 5.74) is 0. The number of morpholine rings is 2. The lowest BCUT2D eigenvalue weighted by molar-refractivity contribution is -1.13. The van der Waals surface area contributed by atoms with E-state index in [1.165, 1.54) is 19.3 Å². The summed E-state index contributed by atoms with van der Waals surface area (Å²) in [6, 6.07) is 4.88. The fraction of sp³-hybridized carbons (Fsp3) is 0.889. The molecule has 2 heterocycles. The minimum Gasteiger partial charge on any atom is -0.370 e. The molecule has 0 atom stereocenters. The van der Waals surface area contributed by atoms with E-state index in [1.807, 2.05) is 0 Å². The van der Waals surface area contributed by atoms with Crippen molar-refractivity contribution >= 4 is 0 Å². The second-order valence-electron chi connectivity index (χ2n) is 7.17. The summed E-state index contributed by atoms with van der Waals surface area (Å²) in [5.74, 6) is 0. The first-order valence-corrected chi connectivity index (χ1v) is 9.34. The molecule has 0 radical (unpaired) electrons. The summed E-state index contributed by atoms with van der Waals surface area (Å²) in [6.07, 6.45) is 4.96. The average molecular weight is 336 g/mol. The van der Waals surface area contributed by atoms with Gasteiger partial charge < -0.3 is 9.47 Å². The molecule has 2 rings (SSSR count). The van der Waals surface area contributed by atoms with Gasteiger partial charge in [-0.25, -0.2) is 0 Å². The zero-order valence-electron chi connectivity index (χ0n) is 15.1. The Morgan fingerprint density at radius 2 is 1.29 bits per heavy atom. The van der Waals surface area contributed by atoms with Gasteiger partial charge in [-0.15, -0.1) is 0 Å². The van der Waals surface area contributed by atoms with Crippen LogP contribution in [0.25, 0.3) is 0 Å². The van der Waals surface area contributed by atoms with Crippen LogP contribution < -0.4 is 0 Å². The van der Waals surface area contributed by atoms with Crippen LogP contribution in [0.5, 0.6) is 0 Å². The number of quaternary nitrogens is 2. The zero-order chi connectivity index (χ0) is 17.3. The van der Waals surface area contributed by atoms with Crippen LogP contribution in [-0.4, -0.2) is 80.8 Å². The molecule has 2 fully saturated rings. The Labute approximate surface area is 146 Å². The van der Waals surface area contributed by atoms with E-state index in [-0.39, 0.29) is 0 Å². The number of nitrogens with zero attached hydrogens (tertiary/aromatic N) is 4. The summed E-state index contributed by atoms with van der Waals surface area (Å²) in [6.45, 7) is 9.67. The second-order valence-corrected chi connectivity index (χ2v) is 7.17. The second kappa shape index (κ2) is 9.34. The van der Waals surface area contributed by atoms with E-state index < -0.39 is 0 Å². The van der Waals surface area contributed by atoms with Gasteiger partial charge in [0.25, 0.3) is 0 Å². The maximum atomic E-state index is 9.51. The molecule has 134 valence electrons. The molecule has 0 bridgehead atoms. The van der Waals surface area contributed by atoms with Crippen molar-refractivity contribution in [2.24, 2.45) is 0 Å². The van der Waals surface area contributed by atoms with Gasteiger partial charge >= 0.3 is 0 Å². The van der Waals surface area contributed by atoms with Crippen molar-refractivity contribution in [1.29, 1.82) is 10.5 Å². The van der Waals surface area contributed by atoms with Gasteiger partial charge in [0, 0.05) is 0 Å². The number of hydrogen-bond donors (Lipinski definition) is 0. The van der Waals surface area contributed by atoms with E-state index in [0.717, 1.165) is 68.0 Å². The van der Waals surface area contributed by atoms with Crippen molar-refractivity contribution in [3.63, 3.8) is 0 Å². The lowest BCUT2D eigenvalue weighted by atomic mass is 10.0. The maximum absolute atomic E-state index is 9.51. The third kappa shape index (κ3) is 4.26. The van der Waals surface area contributed by atoms with Gasteiger partial charge in [-0.05, 0) is 6.42 Å². The van der Waals surface area contributed by atoms with Crippen LogP contribution in [0.3, 0.4) is 0 Å². The van der Waals surface area contributed by atoms with Crippen LogP contribution in [0.2, 0.25) is 0 Å². The number of hydrogen-bond acceptors (Lipinski definition) is 4. The third-order valence-electron chi connectivity index (χ3n) is 5.83. The van der Waals surface area contributed by atoms with Gasteiger partial charge in [0.2, 0.25) is 6.17 Å². The maximum Gasteiger partial charge on any atom is 0.218 e. The van der Waals surface area contributed by atoms with E-state index >= 15 is 0 Å². The minimum absolute atomic E-state index is 0.309. The predicted molar refractivity (Wildman–Crippen MR) is 90.5 cm³/mol. The Kier molecular flexibility index (Phi) is 7.45. The third-order valence-corrected chi connectivity index (χ3v) is 5.83. The van der Waals surface area contributed by atoms with Crippen molar-refractivity contribution < 1.29 is 18.4 Å². The molecule has 2 aliphatic rings. The predicted octanol–water partition coefficient (Wildman–Crippen LogP) is 1.63. The topological polar surface area (TPSA) is 66.0 Å². The monoisotopic (exact) mass is 336 g/mol. The van der Waals surface area contributed by atoms with Crippen LogP contribution in [0, 0.1) is 22.7 Å². The standard InChI is InChI=1S/C18H32N4O2/c1-2-3-4-5-18(21(8-6-19)10-14-23-15-11-21)22(9-7-20)12-16-24-17-13-22/h18H,2-5,8-17H2,1H3/q+2. The van der Waals surface area contributed by atoms with Gasteiger partial charge in [0.15, 0.2) is 13.1 Å². The summed E-state index contributed by atoms with van der Waals surface area (Å²) in [7, 11) is 0. The number of ether oxygens (including phenoxy) is 2. The largest absolute Gasteiger partial charge is 0.370 e. The van der Waals surface area contributed by atoms with Crippen LogP contribution in [0.1, 0.15) is 32.6 Å². The number of rotatable bonds is 8. The van der Waals surface area contributed by atoms with Gasteiger partial charge in [-0.2, -0.15) is 10.5 Å². The highest BCUT2D eigenvalue weighted by Crippen LogP contribution is 2.31. The highest BCUT2D eigenvalue weighted by molar-refractivity contribution is 4.76. The Hall–Kier alpha value is -1.18. The molecule has 0 aromatic carbocycles. The molecule has 2 aliphatic heterocycles. The molecule has 6 heteroatoms. The molecule has 0 N–H and O–H groups in total. The summed E-state index contributed by atoms with van der Waals surface area (Å²) < 4.78 is 12.8. The van der Waals surface area contributed by atoms with Crippen molar-refractivity contribution in [3.8, 4) is 12.1 Å². The van der Waals surface area contributed by atoms with Crippen LogP contribution in [0.15, 0.2) is 0 Å². The van der Waals surface area contributed by atoms with Crippen LogP contribution in [-0.2, 0) is 9.47 Å². The van der Waals surface area contributed by atoms with E-state index in [1.54, 1.807) is 0 Å². The molecule has 0 aromatic rings. The van der Waals surface area contributed by atoms with Gasteiger partial charge in [0.05, 0.1) is 32.8 Å². The molecular weight excluding hydrogens is 304 g/mol. The first kappa shape index (κ1) is 19.1. The molecule has 2 saturated heterocycles. The molecule has 24 heavy (non-hydrogen) atoms. The first-order valence-electron chi connectivity index (χ1n) is 9.34. The number of nitriles is 2. The normalized spacial score (nSPS) is 22.7. The van der Waals surface area contributed by atoms with Gasteiger partial charge in [-0.3, -0.25) is 8.97 Å². The Morgan fingerprint density at radius 3 is 1.67 bits per heavy atom. The summed E-state index contributed by atoms with van der Waals surface area (Å²) >= 11 is 0. The Bertz CT molecular complexity index is 419. The summed E-state index contributed by atoms with van der Waals surface area (Å²) in [5, 5.41) is 19.0. The van der Waals surface area contributed by atoms with Crippen LogP contribution >= 0.6 is 0 Å². The SMILES string of the molecule is CCCCCC([N+]1(CC#N)CCOCC1)[N+]1(CC#N)CCOCC1. The molecular formula is C18H32N4O2+2. The quantitative estimate of drug-likeness (QED) is 0.384. The van der Waals surface area contributed by atoms with E-state index in [9.17, 15) is 10.5 Å². The van der Waals surface area contributed by atoms with Gasteiger partial charge in [0.1, 0.15) is 38.3 Å². The average Bonchev–Trinajstić information content (AvgIpc) is 2.61. The van der Waals surface area contributed by atoms with E-state index in [4.69, 9.17) is 9.47 Å². The minimum atomic E-state index is 0.309. The Morgan fingerprint density at radius 1 is 0.833 bits per heavy atom. The zero-order valence-corrected chi connectivity index (χ0v) is 15.1. The first-order chi connectivity index (χ1) is 11.7. The molecule has 0 aromatic heterocycles. The van der Waals surface area contributed by atoms with Crippen LogP contribution in [0.4, 0.5) is 0 Å². The van der Waals surface area contributed by atoms with Crippen molar-refractivity contribution in [2.45, 2.75) is 38.8 Å². The molecule has 0 aliphatic carbocycles. The lowest BCUT2D eigenvalue weighted by Gasteiger charge is -2.54. The molecule has 0 unspecified atom stereocenters. The lowest BCUT2D eigenvalue weighted by Crippen LogP contribution is -2.74. The highest BCUT2D eigenvalue weighted by atomic mass is 16.5. The van der Waals surface area contributed by atoms with E-state index in [2.05, 4.69) is 19.1 Å². The van der Waals surface area contributed by atoms with Gasteiger partial charge in [-0.1, -0.05) is 19.8 Å². The Balaban J connectivity index is 2.33. The molecule has 0 amide bonds. The van der Waals surface area contributed by atoms with Crippen molar-refractivity contribution in [1.82, 2.24) is 0 Å². The smallest absolute Gasteiger partial charge is 0.218 e. The van der Waals surface area contributed by atoms with Crippen molar-refractivity contribution in [3.05, 3.63) is 0 Å². The molecule has 0 saturated carbocycles.